The van der Waals surface area contributed by atoms with Gasteiger partial charge < -0.3 is 14.8 Å². The molecule has 2 rings (SSSR count). The molecule has 0 aliphatic carbocycles. The molecule has 1 amide bonds. The maximum atomic E-state index is 11.9. The van der Waals surface area contributed by atoms with Gasteiger partial charge in [-0.15, -0.1) is 0 Å². The van der Waals surface area contributed by atoms with Gasteiger partial charge >= 0.3 is 0 Å². The number of carbonyl (C=O) groups excluding carboxylic acids is 1. The van der Waals surface area contributed by atoms with E-state index < -0.39 is 0 Å². The Morgan fingerprint density at radius 3 is 2.41 bits per heavy atom. The molecule has 1 N–H and O–H groups in total. The Hall–Kier alpha value is -2.49. The molecule has 22 heavy (non-hydrogen) atoms. The van der Waals surface area contributed by atoms with Crippen LogP contribution >= 0.6 is 0 Å². The van der Waals surface area contributed by atoms with Crippen LogP contribution in [0.4, 0.5) is 0 Å². The Kier molecular flexibility index (Phi) is 5.42. The van der Waals surface area contributed by atoms with E-state index in [4.69, 9.17) is 9.47 Å². The molecule has 0 radical (unpaired) electrons. The van der Waals surface area contributed by atoms with Crippen LogP contribution in [0.5, 0.6) is 11.5 Å². The fraction of sp³-hybridized carbons (Fsp3) is 0.278. The van der Waals surface area contributed by atoms with Crippen molar-refractivity contribution in [3.63, 3.8) is 0 Å². The summed E-state index contributed by atoms with van der Waals surface area (Å²) >= 11 is 0. The first-order valence-corrected chi connectivity index (χ1v) is 7.18. The van der Waals surface area contributed by atoms with E-state index in [0.717, 1.165) is 22.4 Å². The molecule has 0 bridgehead atoms. The van der Waals surface area contributed by atoms with Crippen molar-refractivity contribution < 1.29 is 14.3 Å². The summed E-state index contributed by atoms with van der Waals surface area (Å²) in [5, 5.41) is 2.84. The normalized spacial score (nSPS) is 10.1. The minimum absolute atomic E-state index is 0.00279. The number of carbonyl (C=O) groups is 1. The molecule has 0 spiro atoms. The van der Waals surface area contributed by atoms with Crippen LogP contribution in [-0.4, -0.2) is 19.6 Å². The highest BCUT2D eigenvalue weighted by atomic mass is 16.5. The van der Waals surface area contributed by atoms with Gasteiger partial charge in [0.2, 0.25) is 0 Å². The Labute approximate surface area is 131 Å². The average Bonchev–Trinajstić information content (AvgIpc) is 2.52. The van der Waals surface area contributed by atoms with E-state index in [1.165, 1.54) is 0 Å². The lowest BCUT2D eigenvalue weighted by molar-refractivity contribution is -0.123. The molecule has 0 saturated carbocycles. The Morgan fingerprint density at radius 2 is 1.73 bits per heavy atom. The van der Waals surface area contributed by atoms with Crippen molar-refractivity contribution in [2.45, 2.75) is 20.4 Å². The number of amides is 1. The lowest BCUT2D eigenvalue weighted by Crippen LogP contribution is -2.28. The first kappa shape index (κ1) is 15.9. The van der Waals surface area contributed by atoms with E-state index in [9.17, 15) is 4.79 Å². The van der Waals surface area contributed by atoms with Gasteiger partial charge in [0.1, 0.15) is 11.5 Å². The Morgan fingerprint density at radius 1 is 1.05 bits per heavy atom. The van der Waals surface area contributed by atoms with Crippen LogP contribution in [0.15, 0.2) is 42.5 Å². The molecule has 0 aliphatic rings. The molecule has 0 aliphatic heterocycles. The van der Waals surface area contributed by atoms with E-state index in [-0.39, 0.29) is 12.5 Å². The van der Waals surface area contributed by atoms with Gasteiger partial charge in [-0.3, -0.25) is 4.79 Å². The molecule has 0 unspecified atom stereocenters. The van der Waals surface area contributed by atoms with Gasteiger partial charge in [-0.2, -0.15) is 0 Å². The summed E-state index contributed by atoms with van der Waals surface area (Å²) in [5.41, 5.74) is 3.23. The standard InChI is InChI=1S/C18H21NO3/c1-13-4-7-16(8-5-13)22-12-18(20)19-11-15-10-14(2)6-9-17(15)21-3/h4-10H,11-12H2,1-3H3,(H,19,20). The zero-order chi connectivity index (χ0) is 15.9. The highest BCUT2D eigenvalue weighted by Crippen LogP contribution is 2.19. The molecule has 0 atom stereocenters. The summed E-state index contributed by atoms with van der Waals surface area (Å²) in [4.78, 5) is 11.9. The summed E-state index contributed by atoms with van der Waals surface area (Å²) in [5.74, 6) is 1.29. The summed E-state index contributed by atoms with van der Waals surface area (Å²) < 4.78 is 10.7. The molecule has 0 aromatic heterocycles. The van der Waals surface area contributed by atoms with Crippen LogP contribution in [-0.2, 0) is 11.3 Å². The zero-order valence-electron chi connectivity index (χ0n) is 13.2. The lowest BCUT2D eigenvalue weighted by atomic mass is 10.1. The topological polar surface area (TPSA) is 47.6 Å². The van der Waals surface area contributed by atoms with Crippen LogP contribution in [0.25, 0.3) is 0 Å². The smallest absolute Gasteiger partial charge is 0.258 e. The van der Waals surface area contributed by atoms with Gasteiger partial charge in [0.05, 0.1) is 7.11 Å². The summed E-state index contributed by atoms with van der Waals surface area (Å²) in [7, 11) is 1.62. The molecule has 2 aromatic carbocycles. The first-order chi connectivity index (χ1) is 10.6. The summed E-state index contributed by atoms with van der Waals surface area (Å²) in [6.45, 7) is 4.43. The zero-order valence-corrected chi connectivity index (χ0v) is 13.2. The van der Waals surface area contributed by atoms with Gasteiger partial charge in [0.25, 0.3) is 5.91 Å². The Balaban J connectivity index is 1.85. The predicted octanol–water partition coefficient (Wildman–Crippen LogP) is 3.01. The van der Waals surface area contributed by atoms with Crippen molar-refractivity contribution in [1.82, 2.24) is 5.32 Å². The van der Waals surface area contributed by atoms with Crippen molar-refractivity contribution in [2.75, 3.05) is 13.7 Å². The second kappa shape index (κ2) is 7.50. The second-order valence-corrected chi connectivity index (χ2v) is 5.19. The third-order valence-electron chi connectivity index (χ3n) is 3.30. The molecule has 0 saturated heterocycles. The molecule has 2 aromatic rings. The number of hydrogen-bond donors (Lipinski definition) is 1. The SMILES string of the molecule is COc1ccc(C)cc1CNC(=O)COc1ccc(C)cc1. The number of nitrogens with one attached hydrogen (secondary N) is 1. The second-order valence-electron chi connectivity index (χ2n) is 5.19. The van der Waals surface area contributed by atoms with Crippen LogP contribution < -0.4 is 14.8 Å². The number of rotatable bonds is 6. The van der Waals surface area contributed by atoms with Crippen molar-refractivity contribution >= 4 is 5.91 Å². The average molecular weight is 299 g/mol. The number of hydrogen-bond acceptors (Lipinski definition) is 3. The fourth-order valence-corrected chi connectivity index (χ4v) is 2.07. The largest absolute Gasteiger partial charge is 0.496 e. The van der Waals surface area contributed by atoms with E-state index in [1.54, 1.807) is 7.11 Å². The highest BCUT2D eigenvalue weighted by molar-refractivity contribution is 5.77. The molecule has 4 nitrogen and oxygen atoms in total. The van der Waals surface area contributed by atoms with E-state index in [0.29, 0.717) is 12.3 Å². The quantitative estimate of drug-likeness (QED) is 0.892. The fourth-order valence-electron chi connectivity index (χ4n) is 2.07. The van der Waals surface area contributed by atoms with Gasteiger partial charge in [-0.25, -0.2) is 0 Å². The van der Waals surface area contributed by atoms with Crippen LogP contribution in [0.3, 0.4) is 0 Å². The monoisotopic (exact) mass is 299 g/mol. The van der Waals surface area contributed by atoms with Crippen LogP contribution in [0.2, 0.25) is 0 Å². The third kappa shape index (κ3) is 4.52. The minimum Gasteiger partial charge on any atom is -0.496 e. The number of methoxy groups -OCH3 is 1. The molecule has 116 valence electrons. The van der Waals surface area contributed by atoms with Gasteiger partial charge in [-0.1, -0.05) is 35.4 Å². The third-order valence-corrected chi connectivity index (χ3v) is 3.30. The number of aryl methyl sites for hydroxylation is 2. The number of benzene rings is 2. The van der Waals surface area contributed by atoms with Crippen molar-refractivity contribution in [2.24, 2.45) is 0 Å². The van der Waals surface area contributed by atoms with Crippen molar-refractivity contribution in [1.29, 1.82) is 0 Å². The van der Waals surface area contributed by atoms with E-state index in [1.807, 2.05) is 56.3 Å². The molecular formula is C18H21NO3. The Bertz CT molecular complexity index is 635. The van der Waals surface area contributed by atoms with Gasteiger partial charge in [-0.05, 0) is 32.0 Å². The molecule has 0 fully saturated rings. The summed E-state index contributed by atoms with van der Waals surface area (Å²) in [6.07, 6.45) is 0. The van der Waals surface area contributed by atoms with Gasteiger partial charge in [0, 0.05) is 12.1 Å². The van der Waals surface area contributed by atoms with Crippen LogP contribution in [0.1, 0.15) is 16.7 Å². The minimum atomic E-state index is -0.163. The maximum Gasteiger partial charge on any atom is 0.258 e. The van der Waals surface area contributed by atoms with Crippen molar-refractivity contribution in [3.05, 3.63) is 59.2 Å². The maximum absolute atomic E-state index is 11.9. The van der Waals surface area contributed by atoms with E-state index in [2.05, 4.69) is 5.32 Å². The highest BCUT2D eigenvalue weighted by Gasteiger charge is 2.07. The van der Waals surface area contributed by atoms with Crippen molar-refractivity contribution in [3.8, 4) is 11.5 Å². The van der Waals surface area contributed by atoms with Gasteiger partial charge in [0.15, 0.2) is 6.61 Å². The predicted molar refractivity (Wildman–Crippen MR) is 86.3 cm³/mol. The first-order valence-electron chi connectivity index (χ1n) is 7.18. The molecule has 4 heteroatoms. The van der Waals surface area contributed by atoms with Crippen LogP contribution in [0, 0.1) is 13.8 Å². The number of ether oxygens (including phenoxy) is 2. The molecule has 0 heterocycles. The summed E-state index contributed by atoms with van der Waals surface area (Å²) in [6, 6.07) is 13.5. The lowest BCUT2D eigenvalue weighted by Gasteiger charge is -2.11. The van der Waals surface area contributed by atoms with E-state index >= 15 is 0 Å². The molecular weight excluding hydrogens is 278 g/mol.